The highest BCUT2D eigenvalue weighted by Gasteiger charge is 2.28. The van der Waals surface area contributed by atoms with Crippen LogP contribution in [0.25, 0.3) is 0 Å². The zero-order chi connectivity index (χ0) is 22.4. The van der Waals surface area contributed by atoms with Crippen molar-refractivity contribution >= 4 is 46.6 Å². The van der Waals surface area contributed by atoms with Gasteiger partial charge in [-0.05, 0) is 50.1 Å². The quantitative estimate of drug-likeness (QED) is 0.538. The van der Waals surface area contributed by atoms with Gasteiger partial charge in [0.2, 0.25) is 11.8 Å². The van der Waals surface area contributed by atoms with Crippen LogP contribution < -0.4 is 5.32 Å². The Morgan fingerprint density at radius 2 is 1.77 bits per heavy atom. The van der Waals surface area contributed by atoms with E-state index in [1.807, 2.05) is 13.8 Å². The van der Waals surface area contributed by atoms with Crippen molar-refractivity contribution in [2.24, 2.45) is 0 Å². The molecular formula is C22H24Cl3FN2O2. The second-order valence-corrected chi connectivity index (χ2v) is 8.36. The second kappa shape index (κ2) is 11.0. The molecule has 0 aliphatic carbocycles. The molecule has 4 nitrogen and oxygen atoms in total. The Morgan fingerprint density at radius 3 is 2.37 bits per heavy atom. The molecule has 0 spiro atoms. The van der Waals surface area contributed by atoms with Crippen molar-refractivity contribution in [2.45, 2.75) is 52.2 Å². The smallest absolute Gasteiger partial charge is 0.242 e. The molecule has 0 aromatic heterocycles. The molecule has 0 heterocycles. The van der Waals surface area contributed by atoms with Gasteiger partial charge in [0.05, 0.1) is 16.5 Å². The van der Waals surface area contributed by atoms with Crippen LogP contribution in [-0.2, 0) is 22.6 Å². The van der Waals surface area contributed by atoms with Crippen molar-refractivity contribution in [1.29, 1.82) is 0 Å². The topological polar surface area (TPSA) is 49.4 Å². The molecule has 2 atom stereocenters. The number of halogens is 4. The molecule has 2 aromatic carbocycles. The first kappa shape index (κ1) is 24.4. The normalized spacial score (nSPS) is 12.9. The molecule has 2 amide bonds. The van der Waals surface area contributed by atoms with E-state index in [4.69, 9.17) is 34.8 Å². The van der Waals surface area contributed by atoms with Gasteiger partial charge in [0.25, 0.3) is 0 Å². The molecule has 30 heavy (non-hydrogen) atoms. The second-order valence-electron chi connectivity index (χ2n) is 7.14. The highest BCUT2D eigenvalue weighted by Crippen LogP contribution is 2.25. The van der Waals surface area contributed by atoms with Crippen molar-refractivity contribution in [1.82, 2.24) is 10.2 Å². The number of hydrogen-bond acceptors (Lipinski definition) is 2. The van der Waals surface area contributed by atoms with Gasteiger partial charge in [0, 0.05) is 23.2 Å². The average Bonchev–Trinajstić information content (AvgIpc) is 2.70. The Kier molecular flexibility index (Phi) is 8.95. The number of hydrogen-bond donors (Lipinski definition) is 1. The third kappa shape index (κ3) is 6.34. The lowest BCUT2D eigenvalue weighted by Gasteiger charge is -2.30. The summed E-state index contributed by atoms with van der Waals surface area (Å²) in [6.45, 7) is 5.58. The monoisotopic (exact) mass is 472 g/mol. The van der Waals surface area contributed by atoms with Gasteiger partial charge in [0.15, 0.2) is 0 Å². The molecule has 2 rings (SSSR count). The fraction of sp³-hybridized carbons (Fsp3) is 0.364. The van der Waals surface area contributed by atoms with Crippen LogP contribution in [0.5, 0.6) is 0 Å². The highest BCUT2D eigenvalue weighted by molar-refractivity contribution is 6.42. The molecule has 0 unspecified atom stereocenters. The van der Waals surface area contributed by atoms with Crippen molar-refractivity contribution in [3.05, 3.63) is 68.4 Å². The van der Waals surface area contributed by atoms with E-state index >= 15 is 0 Å². The fourth-order valence-electron chi connectivity index (χ4n) is 2.84. The van der Waals surface area contributed by atoms with E-state index in [9.17, 15) is 14.0 Å². The first-order valence-corrected chi connectivity index (χ1v) is 10.7. The molecule has 0 saturated heterocycles. The van der Waals surface area contributed by atoms with E-state index in [1.54, 1.807) is 25.1 Å². The summed E-state index contributed by atoms with van der Waals surface area (Å²) in [6.07, 6.45) is 0.484. The van der Waals surface area contributed by atoms with Crippen LogP contribution in [0, 0.1) is 5.82 Å². The summed E-state index contributed by atoms with van der Waals surface area (Å²) in [6, 6.07) is 8.41. The molecule has 0 aliphatic heterocycles. The van der Waals surface area contributed by atoms with Crippen LogP contribution in [0.3, 0.4) is 0 Å². The van der Waals surface area contributed by atoms with E-state index in [-0.39, 0.29) is 35.5 Å². The molecular weight excluding hydrogens is 450 g/mol. The third-order valence-electron chi connectivity index (χ3n) is 4.89. The standard InChI is InChI=1S/C22H24Cl3FN2O2/c1-4-13(2)27-22(30)14(3)28(12-15-8-9-18(24)19(25)10-15)21(29)11-16-17(23)6-5-7-20(16)26/h5-10,13-14H,4,11-12H2,1-3H3,(H,27,30)/t13-,14-/m0/s1. The summed E-state index contributed by atoms with van der Waals surface area (Å²) >= 11 is 18.2. The molecule has 2 aromatic rings. The molecule has 0 saturated carbocycles. The largest absolute Gasteiger partial charge is 0.352 e. The van der Waals surface area contributed by atoms with Crippen molar-refractivity contribution in [3.8, 4) is 0 Å². The molecule has 0 radical (unpaired) electrons. The number of carbonyl (C=O) groups excluding carboxylic acids is 2. The molecule has 1 N–H and O–H groups in total. The maximum absolute atomic E-state index is 14.2. The van der Waals surface area contributed by atoms with Gasteiger partial charge in [-0.15, -0.1) is 0 Å². The van der Waals surface area contributed by atoms with E-state index in [1.165, 1.54) is 23.1 Å². The van der Waals surface area contributed by atoms with Crippen LogP contribution in [0.4, 0.5) is 4.39 Å². The molecule has 0 bridgehead atoms. The minimum Gasteiger partial charge on any atom is -0.352 e. The Hall–Kier alpha value is -1.82. The van der Waals surface area contributed by atoms with E-state index in [2.05, 4.69) is 5.32 Å². The summed E-state index contributed by atoms with van der Waals surface area (Å²) < 4.78 is 14.2. The first-order valence-electron chi connectivity index (χ1n) is 9.60. The molecule has 162 valence electrons. The van der Waals surface area contributed by atoms with Crippen LogP contribution in [0.1, 0.15) is 38.3 Å². The number of rotatable bonds is 8. The highest BCUT2D eigenvalue weighted by atomic mass is 35.5. The van der Waals surface area contributed by atoms with Crippen molar-refractivity contribution in [2.75, 3.05) is 0 Å². The van der Waals surface area contributed by atoms with Gasteiger partial charge in [0.1, 0.15) is 11.9 Å². The zero-order valence-electron chi connectivity index (χ0n) is 17.0. The van der Waals surface area contributed by atoms with Gasteiger partial charge in [-0.2, -0.15) is 0 Å². The Balaban J connectivity index is 2.32. The van der Waals surface area contributed by atoms with Gasteiger partial charge in [-0.25, -0.2) is 4.39 Å². The maximum atomic E-state index is 14.2. The van der Waals surface area contributed by atoms with E-state index in [0.29, 0.717) is 15.6 Å². The van der Waals surface area contributed by atoms with Gasteiger partial charge < -0.3 is 10.2 Å². The average molecular weight is 474 g/mol. The lowest BCUT2D eigenvalue weighted by molar-refractivity contribution is -0.140. The Morgan fingerprint density at radius 1 is 1.07 bits per heavy atom. The number of benzene rings is 2. The third-order valence-corrected chi connectivity index (χ3v) is 5.99. The lowest BCUT2D eigenvalue weighted by atomic mass is 10.1. The van der Waals surface area contributed by atoms with Gasteiger partial charge in [-0.1, -0.05) is 53.9 Å². The summed E-state index contributed by atoms with van der Waals surface area (Å²) in [7, 11) is 0. The summed E-state index contributed by atoms with van der Waals surface area (Å²) in [4.78, 5) is 27.2. The van der Waals surface area contributed by atoms with Crippen LogP contribution in [-0.4, -0.2) is 28.8 Å². The van der Waals surface area contributed by atoms with Crippen molar-refractivity contribution in [3.63, 3.8) is 0 Å². The fourth-order valence-corrected chi connectivity index (χ4v) is 3.39. The summed E-state index contributed by atoms with van der Waals surface area (Å²) in [5, 5.41) is 3.77. The maximum Gasteiger partial charge on any atom is 0.242 e. The SMILES string of the molecule is CC[C@H](C)NC(=O)[C@H](C)N(Cc1ccc(Cl)c(Cl)c1)C(=O)Cc1c(F)cccc1Cl. The van der Waals surface area contributed by atoms with Gasteiger partial charge in [-0.3, -0.25) is 9.59 Å². The summed E-state index contributed by atoms with van der Waals surface area (Å²) in [5.74, 6) is -1.29. The number of nitrogens with zero attached hydrogens (tertiary/aromatic N) is 1. The predicted octanol–water partition coefficient (Wildman–Crippen LogP) is 5.66. The van der Waals surface area contributed by atoms with Gasteiger partial charge >= 0.3 is 0 Å². The van der Waals surface area contributed by atoms with Crippen LogP contribution in [0.2, 0.25) is 15.1 Å². The van der Waals surface area contributed by atoms with E-state index < -0.39 is 17.8 Å². The summed E-state index contributed by atoms with van der Waals surface area (Å²) in [5.41, 5.74) is 0.790. The minimum atomic E-state index is -0.786. The molecule has 0 fully saturated rings. The number of nitrogens with one attached hydrogen (secondary N) is 1. The zero-order valence-corrected chi connectivity index (χ0v) is 19.3. The molecule has 0 aliphatic rings. The van der Waals surface area contributed by atoms with Crippen LogP contribution >= 0.6 is 34.8 Å². The number of amides is 2. The van der Waals surface area contributed by atoms with Crippen LogP contribution in [0.15, 0.2) is 36.4 Å². The molecule has 8 heteroatoms. The van der Waals surface area contributed by atoms with Crippen molar-refractivity contribution < 1.29 is 14.0 Å². The predicted molar refractivity (Wildman–Crippen MR) is 119 cm³/mol. The Labute approximate surface area is 191 Å². The lowest BCUT2D eigenvalue weighted by Crippen LogP contribution is -2.50. The van der Waals surface area contributed by atoms with E-state index in [0.717, 1.165) is 6.42 Å². The first-order chi connectivity index (χ1) is 14.1. The number of carbonyl (C=O) groups is 2. The minimum absolute atomic E-state index is 0.0390. The Bertz CT molecular complexity index is 903.